The van der Waals surface area contributed by atoms with E-state index in [1.165, 1.54) is 50.2 Å². The second-order valence-corrected chi connectivity index (χ2v) is 6.54. The number of hydrogen-bond acceptors (Lipinski definition) is 5. The Kier molecular flexibility index (Phi) is 6.90. The summed E-state index contributed by atoms with van der Waals surface area (Å²) < 4.78 is 26.6. The predicted octanol–water partition coefficient (Wildman–Crippen LogP) is 3.16. The van der Waals surface area contributed by atoms with Crippen molar-refractivity contribution < 1.29 is 34.3 Å². The van der Waals surface area contributed by atoms with Crippen molar-refractivity contribution in [2.24, 2.45) is 0 Å². The first-order chi connectivity index (χ1) is 13.1. The molecule has 0 saturated heterocycles. The van der Waals surface area contributed by atoms with Crippen LogP contribution in [0.15, 0.2) is 47.9 Å². The van der Waals surface area contributed by atoms with Crippen LogP contribution in [0.25, 0.3) is 12.2 Å². The third-order valence-electron chi connectivity index (χ3n) is 4.25. The Morgan fingerprint density at radius 3 is 1.43 bits per heavy atom. The average Bonchev–Trinajstić information content (AvgIpc) is 2.65. The summed E-state index contributed by atoms with van der Waals surface area (Å²) in [7, 11) is 0. The summed E-state index contributed by atoms with van der Waals surface area (Å²) in [5.41, 5.74) is 1.40. The Bertz CT molecular complexity index is 834. The van der Waals surface area contributed by atoms with Crippen molar-refractivity contribution in [3.63, 3.8) is 0 Å². The molecule has 2 atom stereocenters. The number of aliphatic hydroxyl groups is 5. The SMILES string of the molecule is Cc1cc(C=C(O)C(O)C(O)C(O)C(O)=Cc2ccc(F)c(C)c2)ccc1F. The Hall–Kier alpha value is -2.74. The van der Waals surface area contributed by atoms with Gasteiger partial charge < -0.3 is 25.5 Å². The van der Waals surface area contributed by atoms with E-state index >= 15 is 0 Å². The minimum absolute atomic E-state index is 0.326. The highest BCUT2D eigenvalue weighted by Gasteiger charge is 2.30. The van der Waals surface area contributed by atoms with Gasteiger partial charge >= 0.3 is 0 Å². The summed E-state index contributed by atoms with van der Waals surface area (Å²) in [4.78, 5) is 0. The van der Waals surface area contributed by atoms with Crippen LogP contribution in [0.5, 0.6) is 0 Å². The largest absolute Gasteiger partial charge is 0.509 e. The molecule has 0 bridgehead atoms. The van der Waals surface area contributed by atoms with Crippen molar-refractivity contribution in [1.82, 2.24) is 0 Å². The summed E-state index contributed by atoms with van der Waals surface area (Å²) in [5, 5.41) is 50.1. The van der Waals surface area contributed by atoms with Crippen LogP contribution in [0.1, 0.15) is 22.3 Å². The van der Waals surface area contributed by atoms with Crippen LogP contribution in [0.2, 0.25) is 0 Å². The van der Waals surface area contributed by atoms with Crippen LogP contribution in [-0.2, 0) is 0 Å². The molecule has 0 heterocycles. The summed E-state index contributed by atoms with van der Waals surface area (Å²) in [6.45, 7) is 3.05. The van der Waals surface area contributed by atoms with Gasteiger partial charge in [0.2, 0.25) is 0 Å². The average molecular weight is 392 g/mol. The van der Waals surface area contributed by atoms with Crippen LogP contribution >= 0.6 is 0 Å². The molecule has 5 nitrogen and oxygen atoms in total. The molecule has 2 aromatic carbocycles. The molecule has 2 unspecified atom stereocenters. The predicted molar refractivity (Wildman–Crippen MR) is 102 cm³/mol. The smallest absolute Gasteiger partial charge is 0.140 e. The molecule has 2 rings (SSSR count). The van der Waals surface area contributed by atoms with E-state index in [2.05, 4.69) is 0 Å². The molecule has 0 fully saturated rings. The van der Waals surface area contributed by atoms with E-state index < -0.39 is 41.5 Å². The summed E-state index contributed by atoms with van der Waals surface area (Å²) in [6.07, 6.45) is -3.55. The molecular weight excluding hydrogens is 370 g/mol. The van der Waals surface area contributed by atoms with Gasteiger partial charge in [0, 0.05) is 0 Å². The van der Waals surface area contributed by atoms with Crippen molar-refractivity contribution in [3.05, 3.63) is 81.8 Å². The van der Waals surface area contributed by atoms with Gasteiger partial charge in [0.15, 0.2) is 0 Å². The number of aryl methyl sites for hydroxylation is 2. The van der Waals surface area contributed by atoms with Crippen molar-refractivity contribution in [2.75, 3.05) is 0 Å². The minimum atomic E-state index is -1.95. The first kappa shape index (κ1) is 21.6. The lowest BCUT2D eigenvalue weighted by atomic mass is 10.0. The van der Waals surface area contributed by atoms with Crippen molar-refractivity contribution >= 4 is 12.2 Å². The number of aliphatic hydroxyl groups excluding tert-OH is 5. The maximum atomic E-state index is 13.3. The molecule has 150 valence electrons. The quantitative estimate of drug-likeness (QED) is 0.486. The van der Waals surface area contributed by atoms with Gasteiger partial charge in [-0.25, -0.2) is 8.78 Å². The third kappa shape index (κ3) is 5.16. The van der Waals surface area contributed by atoms with Gasteiger partial charge in [-0.15, -0.1) is 0 Å². The third-order valence-corrected chi connectivity index (χ3v) is 4.25. The molecule has 2 aromatic rings. The zero-order chi connectivity index (χ0) is 21.0. The lowest BCUT2D eigenvalue weighted by Gasteiger charge is -2.22. The van der Waals surface area contributed by atoms with E-state index in [0.717, 1.165) is 12.2 Å². The molecule has 0 aliphatic carbocycles. The van der Waals surface area contributed by atoms with E-state index in [0.29, 0.717) is 22.3 Å². The second kappa shape index (κ2) is 8.97. The van der Waals surface area contributed by atoms with Crippen molar-refractivity contribution in [1.29, 1.82) is 0 Å². The summed E-state index contributed by atoms with van der Waals surface area (Å²) in [6, 6.07) is 7.95. The molecule has 7 heteroatoms. The van der Waals surface area contributed by atoms with Gasteiger partial charge in [-0.3, -0.25) is 0 Å². The van der Waals surface area contributed by atoms with Crippen LogP contribution in [-0.4, -0.2) is 43.8 Å². The van der Waals surface area contributed by atoms with Crippen LogP contribution in [0.4, 0.5) is 8.78 Å². The highest BCUT2D eigenvalue weighted by molar-refractivity contribution is 5.54. The van der Waals surface area contributed by atoms with E-state index in [1.807, 2.05) is 0 Å². The van der Waals surface area contributed by atoms with Gasteiger partial charge in [-0.05, 0) is 72.5 Å². The van der Waals surface area contributed by atoms with Crippen LogP contribution in [0.3, 0.4) is 0 Å². The standard InChI is InChI=1S/C21H22F2O5/c1-11-7-13(3-5-15(11)22)9-17(24)19(26)21(28)20(27)18(25)10-14-4-6-16(23)12(2)8-14/h3-10,19-21,24-28H,1-2H3. The Morgan fingerprint density at radius 1 is 0.750 bits per heavy atom. The molecule has 0 aliphatic rings. The monoisotopic (exact) mass is 392 g/mol. The van der Waals surface area contributed by atoms with Gasteiger partial charge in [0.25, 0.3) is 0 Å². The Morgan fingerprint density at radius 2 is 1.11 bits per heavy atom. The Balaban J connectivity index is 2.16. The van der Waals surface area contributed by atoms with Gasteiger partial charge in [0.05, 0.1) is 0 Å². The Labute approximate surface area is 161 Å². The van der Waals surface area contributed by atoms with E-state index in [-0.39, 0.29) is 0 Å². The zero-order valence-electron chi connectivity index (χ0n) is 15.3. The van der Waals surface area contributed by atoms with Crippen molar-refractivity contribution in [2.45, 2.75) is 32.2 Å². The van der Waals surface area contributed by atoms with E-state index in [4.69, 9.17) is 0 Å². The fraction of sp³-hybridized carbons (Fsp3) is 0.238. The lowest BCUT2D eigenvalue weighted by Crippen LogP contribution is -2.39. The molecule has 0 spiro atoms. The van der Waals surface area contributed by atoms with Gasteiger partial charge in [0.1, 0.15) is 41.5 Å². The first-order valence-corrected chi connectivity index (χ1v) is 8.47. The maximum absolute atomic E-state index is 13.3. The summed E-state index contributed by atoms with van der Waals surface area (Å²) in [5.74, 6) is -2.22. The topological polar surface area (TPSA) is 101 Å². The highest BCUT2D eigenvalue weighted by atomic mass is 19.1. The van der Waals surface area contributed by atoms with Crippen molar-refractivity contribution in [3.8, 4) is 0 Å². The number of benzene rings is 2. The molecule has 0 aromatic heterocycles. The first-order valence-electron chi connectivity index (χ1n) is 8.47. The molecule has 5 N–H and O–H groups in total. The minimum Gasteiger partial charge on any atom is -0.509 e. The molecule has 0 radical (unpaired) electrons. The second-order valence-electron chi connectivity index (χ2n) is 6.54. The number of halogens is 2. The molecule has 0 aliphatic heterocycles. The molecular formula is C21H22F2O5. The van der Waals surface area contributed by atoms with E-state index in [9.17, 15) is 34.3 Å². The number of rotatable bonds is 6. The fourth-order valence-electron chi connectivity index (χ4n) is 2.55. The maximum Gasteiger partial charge on any atom is 0.140 e. The normalized spacial score (nSPS) is 16.0. The van der Waals surface area contributed by atoms with Crippen LogP contribution in [0, 0.1) is 25.5 Å². The molecule has 0 amide bonds. The zero-order valence-corrected chi connectivity index (χ0v) is 15.3. The lowest BCUT2D eigenvalue weighted by molar-refractivity contribution is -0.0540. The summed E-state index contributed by atoms with van der Waals surface area (Å²) >= 11 is 0. The van der Waals surface area contributed by atoms with Gasteiger partial charge in [-0.2, -0.15) is 0 Å². The number of hydrogen-bond donors (Lipinski definition) is 5. The molecule has 28 heavy (non-hydrogen) atoms. The molecule has 0 saturated carbocycles. The van der Waals surface area contributed by atoms with Crippen LogP contribution < -0.4 is 0 Å². The highest BCUT2D eigenvalue weighted by Crippen LogP contribution is 2.19. The van der Waals surface area contributed by atoms with E-state index in [1.54, 1.807) is 0 Å². The fourth-order valence-corrected chi connectivity index (χ4v) is 2.55. The van der Waals surface area contributed by atoms with Gasteiger partial charge in [-0.1, -0.05) is 12.1 Å².